The van der Waals surface area contributed by atoms with Crippen LogP contribution in [0, 0.1) is 11.3 Å². The van der Waals surface area contributed by atoms with Crippen molar-refractivity contribution in [2.24, 2.45) is 0 Å². The van der Waals surface area contributed by atoms with E-state index < -0.39 is 0 Å². The molecule has 0 radical (unpaired) electrons. The maximum atomic E-state index is 12.8. The molecule has 0 unspecified atom stereocenters. The summed E-state index contributed by atoms with van der Waals surface area (Å²) in [4.78, 5) is 18.9. The van der Waals surface area contributed by atoms with Crippen molar-refractivity contribution in [3.8, 4) is 6.07 Å². The van der Waals surface area contributed by atoms with Crippen molar-refractivity contribution in [2.45, 2.75) is 25.3 Å². The summed E-state index contributed by atoms with van der Waals surface area (Å²) in [6.07, 6.45) is 2.37. The van der Waals surface area contributed by atoms with Gasteiger partial charge in [-0.3, -0.25) is 4.79 Å². The number of nitrogen functional groups attached to an aromatic ring is 1. The van der Waals surface area contributed by atoms with E-state index in [0.717, 1.165) is 23.7 Å². The van der Waals surface area contributed by atoms with E-state index in [0.29, 0.717) is 24.3 Å². The summed E-state index contributed by atoms with van der Waals surface area (Å²) in [7, 11) is 0. The Kier molecular flexibility index (Phi) is 3.44. The number of carbonyl (C=O) groups is 1. The zero-order chi connectivity index (χ0) is 14.8. The fourth-order valence-electron chi connectivity index (χ4n) is 2.53. The Morgan fingerprint density at radius 1 is 1.43 bits per heavy atom. The van der Waals surface area contributed by atoms with E-state index in [9.17, 15) is 4.79 Å². The van der Waals surface area contributed by atoms with Crippen LogP contribution in [0.5, 0.6) is 0 Å². The molecule has 1 aliphatic carbocycles. The van der Waals surface area contributed by atoms with E-state index in [1.807, 2.05) is 24.3 Å². The minimum atomic E-state index is -0.0574. The van der Waals surface area contributed by atoms with Crippen LogP contribution < -0.4 is 5.73 Å². The lowest BCUT2D eigenvalue weighted by atomic mass is 10.1. The van der Waals surface area contributed by atoms with Crippen LogP contribution in [0.15, 0.2) is 30.3 Å². The summed E-state index contributed by atoms with van der Waals surface area (Å²) in [6, 6.07) is 11.5. The van der Waals surface area contributed by atoms with E-state index in [1.54, 1.807) is 11.0 Å². The van der Waals surface area contributed by atoms with Gasteiger partial charge in [0, 0.05) is 18.0 Å². The predicted molar refractivity (Wildman–Crippen MR) is 80.4 cm³/mol. The van der Waals surface area contributed by atoms with Gasteiger partial charge in [-0.1, -0.05) is 18.2 Å². The number of aromatic nitrogens is 1. The maximum Gasteiger partial charge on any atom is 0.254 e. The molecule has 2 N–H and O–H groups in total. The SMILES string of the molecule is N#CCCN(C(=O)c1cc(N)nc2ccccc12)C1CC1. The van der Waals surface area contributed by atoms with E-state index in [-0.39, 0.29) is 11.9 Å². The average molecular weight is 280 g/mol. The first-order valence-corrected chi connectivity index (χ1v) is 7.04. The molecule has 1 amide bonds. The van der Waals surface area contributed by atoms with Gasteiger partial charge < -0.3 is 10.6 Å². The number of para-hydroxylation sites is 1. The van der Waals surface area contributed by atoms with Crippen LogP contribution >= 0.6 is 0 Å². The number of pyridine rings is 1. The molecule has 2 aromatic rings. The second-order valence-electron chi connectivity index (χ2n) is 5.25. The molecule has 0 atom stereocenters. The number of amides is 1. The summed E-state index contributed by atoms with van der Waals surface area (Å²) >= 11 is 0. The van der Waals surface area contributed by atoms with Crippen LogP contribution in [0.3, 0.4) is 0 Å². The Bertz CT molecular complexity index is 731. The minimum absolute atomic E-state index is 0.0574. The zero-order valence-corrected chi connectivity index (χ0v) is 11.6. The topological polar surface area (TPSA) is 83.0 Å². The highest BCUT2D eigenvalue weighted by Crippen LogP contribution is 2.30. The molecule has 1 aromatic heterocycles. The second-order valence-corrected chi connectivity index (χ2v) is 5.25. The normalized spacial score (nSPS) is 13.9. The summed E-state index contributed by atoms with van der Waals surface area (Å²) in [5.74, 6) is 0.283. The Balaban J connectivity index is 2.02. The third-order valence-electron chi connectivity index (χ3n) is 3.68. The molecule has 0 spiro atoms. The molecule has 1 fully saturated rings. The van der Waals surface area contributed by atoms with Crippen molar-refractivity contribution < 1.29 is 4.79 Å². The van der Waals surface area contributed by atoms with E-state index >= 15 is 0 Å². The zero-order valence-electron chi connectivity index (χ0n) is 11.6. The van der Waals surface area contributed by atoms with Gasteiger partial charge in [-0.25, -0.2) is 4.98 Å². The molecule has 21 heavy (non-hydrogen) atoms. The van der Waals surface area contributed by atoms with Gasteiger partial charge in [0.25, 0.3) is 5.91 Å². The van der Waals surface area contributed by atoms with Crippen molar-refractivity contribution in [1.29, 1.82) is 5.26 Å². The molecule has 0 bridgehead atoms. The van der Waals surface area contributed by atoms with E-state index in [1.165, 1.54) is 0 Å². The molecule has 1 aliphatic rings. The monoisotopic (exact) mass is 280 g/mol. The van der Waals surface area contributed by atoms with Gasteiger partial charge in [-0.15, -0.1) is 0 Å². The lowest BCUT2D eigenvalue weighted by molar-refractivity contribution is 0.0749. The van der Waals surface area contributed by atoms with Gasteiger partial charge in [0.05, 0.1) is 23.6 Å². The molecule has 5 nitrogen and oxygen atoms in total. The lowest BCUT2D eigenvalue weighted by Gasteiger charge is -2.22. The highest BCUT2D eigenvalue weighted by atomic mass is 16.2. The van der Waals surface area contributed by atoms with Crippen molar-refractivity contribution in [3.63, 3.8) is 0 Å². The van der Waals surface area contributed by atoms with E-state index in [4.69, 9.17) is 11.0 Å². The molecule has 1 saturated carbocycles. The largest absolute Gasteiger partial charge is 0.384 e. The number of nitrogens with zero attached hydrogens (tertiary/aromatic N) is 3. The van der Waals surface area contributed by atoms with Crippen LogP contribution in [-0.4, -0.2) is 28.4 Å². The quantitative estimate of drug-likeness (QED) is 0.931. The van der Waals surface area contributed by atoms with Gasteiger partial charge in [0.15, 0.2) is 0 Å². The highest BCUT2D eigenvalue weighted by Gasteiger charge is 2.33. The highest BCUT2D eigenvalue weighted by molar-refractivity contribution is 6.07. The van der Waals surface area contributed by atoms with Crippen molar-refractivity contribution in [3.05, 3.63) is 35.9 Å². The number of hydrogen-bond donors (Lipinski definition) is 1. The van der Waals surface area contributed by atoms with Gasteiger partial charge in [0.1, 0.15) is 5.82 Å². The summed E-state index contributed by atoms with van der Waals surface area (Å²) in [5, 5.41) is 9.57. The van der Waals surface area contributed by atoms with Gasteiger partial charge in [-0.05, 0) is 25.0 Å². The summed E-state index contributed by atoms with van der Waals surface area (Å²) in [6.45, 7) is 0.469. The average Bonchev–Trinajstić information content (AvgIpc) is 3.31. The smallest absolute Gasteiger partial charge is 0.254 e. The first-order valence-electron chi connectivity index (χ1n) is 7.04. The van der Waals surface area contributed by atoms with Crippen molar-refractivity contribution in [2.75, 3.05) is 12.3 Å². The number of rotatable bonds is 4. The number of hydrogen-bond acceptors (Lipinski definition) is 4. The Morgan fingerprint density at radius 3 is 2.90 bits per heavy atom. The Morgan fingerprint density at radius 2 is 2.19 bits per heavy atom. The fraction of sp³-hybridized carbons (Fsp3) is 0.312. The minimum Gasteiger partial charge on any atom is -0.384 e. The van der Waals surface area contributed by atoms with Crippen LogP contribution in [0.1, 0.15) is 29.6 Å². The van der Waals surface area contributed by atoms with Crippen LogP contribution in [0.4, 0.5) is 5.82 Å². The lowest BCUT2D eigenvalue weighted by Crippen LogP contribution is -2.34. The first kappa shape index (κ1) is 13.4. The second kappa shape index (κ2) is 5.41. The van der Waals surface area contributed by atoms with Crippen LogP contribution in [0.25, 0.3) is 10.9 Å². The standard InChI is InChI=1S/C16H16N4O/c17-8-3-9-20(11-6-7-11)16(21)13-10-15(18)19-14-5-2-1-4-12(13)14/h1-2,4-5,10-11H,3,6-7,9H2,(H2,18,19). The molecular weight excluding hydrogens is 264 g/mol. The van der Waals surface area contributed by atoms with Crippen molar-refractivity contribution >= 4 is 22.6 Å². The Labute approximate surface area is 123 Å². The molecule has 5 heteroatoms. The number of nitrogens with two attached hydrogens (primary N) is 1. The van der Waals surface area contributed by atoms with Gasteiger partial charge in [0.2, 0.25) is 0 Å². The summed E-state index contributed by atoms with van der Waals surface area (Å²) in [5.41, 5.74) is 7.11. The summed E-state index contributed by atoms with van der Waals surface area (Å²) < 4.78 is 0. The molecular formula is C16H16N4O. The number of anilines is 1. The molecule has 0 saturated heterocycles. The molecule has 1 aromatic carbocycles. The van der Waals surface area contributed by atoms with Crippen LogP contribution in [-0.2, 0) is 0 Å². The molecule has 1 heterocycles. The maximum absolute atomic E-state index is 12.8. The van der Waals surface area contributed by atoms with Gasteiger partial charge in [-0.2, -0.15) is 5.26 Å². The fourth-order valence-corrected chi connectivity index (χ4v) is 2.53. The number of benzene rings is 1. The third kappa shape index (κ3) is 2.65. The predicted octanol–water partition coefficient (Wildman–Crippen LogP) is 2.34. The van der Waals surface area contributed by atoms with E-state index in [2.05, 4.69) is 11.1 Å². The number of nitriles is 1. The third-order valence-corrected chi connectivity index (χ3v) is 3.68. The molecule has 106 valence electrons. The van der Waals surface area contributed by atoms with Gasteiger partial charge >= 0.3 is 0 Å². The van der Waals surface area contributed by atoms with Crippen LogP contribution in [0.2, 0.25) is 0 Å². The Hall–Kier alpha value is -2.61. The first-order chi connectivity index (χ1) is 10.2. The molecule has 0 aliphatic heterocycles. The number of fused-ring (bicyclic) bond motifs is 1. The van der Waals surface area contributed by atoms with Crippen molar-refractivity contribution in [1.82, 2.24) is 9.88 Å². The number of carbonyl (C=O) groups excluding carboxylic acids is 1. The molecule has 3 rings (SSSR count).